The smallest absolute Gasteiger partial charge is 0.260 e. The second kappa shape index (κ2) is 9.41. The molecule has 27 heavy (non-hydrogen) atoms. The van der Waals surface area contributed by atoms with Crippen LogP contribution in [0.2, 0.25) is 10.0 Å². The van der Waals surface area contributed by atoms with Gasteiger partial charge in [-0.1, -0.05) is 29.3 Å². The van der Waals surface area contributed by atoms with E-state index in [-0.39, 0.29) is 23.9 Å². The number of ether oxygens (including phenoxy) is 1. The molecule has 2 N–H and O–H groups in total. The lowest BCUT2D eigenvalue weighted by molar-refractivity contribution is -0.127. The molecule has 0 bridgehead atoms. The second-order valence-corrected chi connectivity index (χ2v) is 8.46. The minimum atomic E-state index is -3.69. The third-order valence-electron chi connectivity index (χ3n) is 3.63. The third kappa shape index (κ3) is 6.39. The minimum absolute atomic E-state index is 0.0350. The van der Waals surface area contributed by atoms with Gasteiger partial charge in [-0.2, -0.15) is 0 Å². The molecule has 0 aromatic heterocycles. The van der Waals surface area contributed by atoms with E-state index in [1.54, 1.807) is 37.3 Å². The first kappa shape index (κ1) is 21.5. The number of hydrogen-bond acceptors (Lipinski definition) is 4. The fourth-order valence-corrected chi connectivity index (χ4v) is 3.78. The predicted octanol–water partition coefficient (Wildman–Crippen LogP) is 3.16. The summed E-state index contributed by atoms with van der Waals surface area (Å²) in [6.07, 6.45) is -0.741. The molecular formula is C18H20Cl2N2O4S. The van der Waals surface area contributed by atoms with Crippen LogP contribution in [0.4, 0.5) is 0 Å². The van der Waals surface area contributed by atoms with Crippen LogP contribution in [0.3, 0.4) is 0 Å². The van der Waals surface area contributed by atoms with Crippen molar-refractivity contribution < 1.29 is 17.9 Å². The molecule has 2 aromatic carbocycles. The maximum Gasteiger partial charge on any atom is 0.260 e. The zero-order valence-corrected chi connectivity index (χ0v) is 17.2. The van der Waals surface area contributed by atoms with Crippen LogP contribution < -0.4 is 14.8 Å². The number of hydrogen-bond donors (Lipinski definition) is 2. The number of aryl methyl sites for hydroxylation is 1. The monoisotopic (exact) mass is 430 g/mol. The number of amides is 1. The topological polar surface area (TPSA) is 84.5 Å². The first-order valence-corrected chi connectivity index (χ1v) is 10.4. The summed E-state index contributed by atoms with van der Waals surface area (Å²) in [7, 11) is -3.69. The van der Waals surface area contributed by atoms with Crippen molar-refractivity contribution in [1.82, 2.24) is 10.0 Å². The highest BCUT2D eigenvalue weighted by molar-refractivity contribution is 7.89. The molecule has 146 valence electrons. The average Bonchev–Trinajstić information content (AvgIpc) is 2.61. The average molecular weight is 431 g/mol. The fourth-order valence-electron chi connectivity index (χ4n) is 2.22. The molecule has 0 aliphatic heterocycles. The number of benzene rings is 2. The Morgan fingerprint density at radius 1 is 1.11 bits per heavy atom. The summed E-state index contributed by atoms with van der Waals surface area (Å²) in [5.74, 6) is 0.204. The maximum atomic E-state index is 12.2. The van der Waals surface area contributed by atoms with E-state index in [0.29, 0.717) is 15.8 Å². The lowest BCUT2D eigenvalue weighted by Crippen LogP contribution is -2.40. The highest BCUT2D eigenvalue weighted by Crippen LogP contribution is 2.22. The summed E-state index contributed by atoms with van der Waals surface area (Å²) in [5, 5.41) is 3.54. The molecule has 0 fully saturated rings. The first-order valence-electron chi connectivity index (χ1n) is 8.15. The summed E-state index contributed by atoms with van der Waals surface area (Å²) in [6.45, 7) is 3.59. The van der Waals surface area contributed by atoms with Crippen molar-refractivity contribution in [2.24, 2.45) is 0 Å². The molecule has 0 heterocycles. The van der Waals surface area contributed by atoms with Gasteiger partial charge in [0.2, 0.25) is 10.0 Å². The molecule has 0 saturated heterocycles. The zero-order valence-electron chi connectivity index (χ0n) is 14.8. The second-order valence-electron chi connectivity index (χ2n) is 5.82. The fraction of sp³-hybridized carbons (Fsp3) is 0.278. The quantitative estimate of drug-likeness (QED) is 0.629. The SMILES string of the molecule is Cc1cc(Cl)ccc1OC(C)C(=O)NCCNS(=O)(=O)c1cccc(Cl)c1. The van der Waals surface area contributed by atoms with Gasteiger partial charge >= 0.3 is 0 Å². The Morgan fingerprint density at radius 3 is 2.48 bits per heavy atom. The Balaban J connectivity index is 1.81. The molecule has 2 rings (SSSR count). The van der Waals surface area contributed by atoms with Crippen LogP contribution in [-0.4, -0.2) is 33.5 Å². The van der Waals surface area contributed by atoms with E-state index in [4.69, 9.17) is 27.9 Å². The minimum Gasteiger partial charge on any atom is -0.481 e. The third-order valence-corrected chi connectivity index (χ3v) is 5.56. The van der Waals surface area contributed by atoms with Crippen molar-refractivity contribution in [3.05, 3.63) is 58.1 Å². The van der Waals surface area contributed by atoms with Gasteiger partial charge in [0.1, 0.15) is 5.75 Å². The number of rotatable bonds is 8. The van der Waals surface area contributed by atoms with Gasteiger partial charge in [0, 0.05) is 23.1 Å². The molecule has 9 heteroatoms. The lowest BCUT2D eigenvalue weighted by atomic mass is 10.2. The molecule has 0 saturated carbocycles. The van der Waals surface area contributed by atoms with E-state index >= 15 is 0 Å². The Morgan fingerprint density at radius 2 is 1.81 bits per heavy atom. The lowest BCUT2D eigenvalue weighted by Gasteiger charge is -2.16. The van der Waals surface area contributed by atoms with Gasteiger partial charge in [0.05, 0.1) is 4.90 Å². The van der Waals surface area contributed by atoms with Crippen molar-refractivity contribution in [3.63, 3.8) is 0 Å². The normalized spacial score (nSPS) is 12.4. The van der Waals surface area contributed by atoms with Crippen molar-refractivity contribution in [2.75, 3.05) is 13.1 Å². The number of nitrogens with one attached hydrogen (secondary N) is 2. The Bertz CT molecular complexity index is 919. The molecule has 6 nitrogen and oxygen atoms in total. The number of sulfonamides is 1. The predicted molar refractivity (Wildman–Crippen MR) is 106 cm³/mol. The molecule has 0 aliphatic rings. The van der Waals surface area contributed by atoms with E-state index < -0.39 is 16.1 Å². The highest BCUT2D eigenvalue weighted by atomic mass is 35.5. The van der Waals surface area contributed by atoms with E-state index in [1.807, 2.05) is 6.92 Å². The first-order chi connectivity index (χ1) is 12.7. The van der Waals surface area contributed by atoms with Crippen LogP contribution >= 0.6 is 23.2 Å². The van der Waals surface area contributed by atoms with Crippen LogP contribution in [0.15, 0.2) is 47.4 Å². The summed E-state index contributed by atoms with van der Waals surface area (Å²) in [6, 6.07) is 11.1. The summed E-state index contributed by atoms with van der Waals surface area (Å²) in [4.78, 5) is 12.2. The van der Waals surface area contributed by atoms with Gasteiger partial charge in [0.25, 0.3) is 5.91 Å². The van der Waals surface area contributed by atoms with Crippen LogP contribution in [-0.2, 0) is 14.8 Å². The Hall–Kier alpha value is -1.80. The van der Waals surface area contributed by atoms with E-state index in [1.165, 1.54) is 12.1 Å². The largest absolute Gasteiger partial charge is 0.481 e. The van der Waals surface area contributed by atoms with Crippen molar-refractivity contribution in [1.29, 1.82) is 0 Å². The van der Waals surface area contributed by atoms with Crippen molar-refractivity contribution in [2.45, 2.75) is 24.8 Å². The van der Waals surface area contributed by atoms with Crippen molar-refractivity contribution >= 4 is 39.1 Å². The summed E-state index contributed by atoms with van der Waals surface area (Å²) in [5.41, 5.74) is 0.816. The zero-order chi connectivity index (χ0) is 20.0. The molecule has 1 amide bonds. The Kier molecular flexibility index (Phi) is 7.49. The van der Waals surface area contributed by atoms with Crippen LogP contribution in [0.1, 0.15) is 12.5 Å². The molecule has 1 atom stereocenters. The number of carbonyl (C=O) groups is 1. The van der Waals surface area contributed by atoms with E-state index in [0.717, 1.165) is 5.56 Å². The van der Waals surface area contributed by atoms with Gasteiger partial charge in [0.15, 0.2) is 6.10 Å². The molecule has 2 aromatic rings. The molecule has 0 aliphatic carbocycles. The number of carbonyl (C=O) groups excluding carboxylic acids is 1. The summed E-state index contributed by atoms with van der Waals surface area (Å²) < 4.78 is 32.3. The molecule has 1 unspecified atom stereocenters. The van der Waals surface area contributed by atoms with Gasteiger partial charge in [-0.05, 0) is 55.8 Å². The van der Waals surface area contributed by atoms with E-state index in [9.17, 15) is 13.2 Å². The van der Waals surface area contributed by atoms with Gasteiger partial charge in [-0.3, -0.25) is 4.79 Å². The standard InChI is InChI=1S/C18H20Cl2N2O4S/c1-12-10-15(20)6-7-17(12)26-13(2)18(23)21-8-9-22-27(24,25)16-5-3-4-14(19)11-16/h3-7,10-11,13,22H,8-9H2,1-2H3,(H,21,23). The van der Waals surface area contributed by atoms with Crippen LogP contribution in [0, 0.1) is 6.92 Å². The van der Waals surface area contributed by atoms with Gasteiger partial charge < -0.3 is 10.1 Å². The maximum absolute atomic E-state index is 12.2. The van der Waals surface area contributed by atoms with Gasteiger partial charge in [-0.15, -0.1) is 0 Å². The molecular weight excluding hydrogens is 411 g/mol. The van der Waals surface area contributed by atoms with Crippen LogP contribution in [0.25, 0.3) is 0 Å². The van der Waals surface area contributed by atoms with E-state index in [2.05, 4.69) is 10.0 Å². The highest BCUT2D eigenvalue weighted by Gasteiger charge is 2.17. The Labute approximate surface area is 168 Å². The number of halogens is 2. The summed E-state index contributed by atoms with van der Waals surface area (Å²) >= 11 is 11.7. The van der Waals surface area contributed by atoms with Crippen molar-refractivity contribution in [3.8, 4) is 5.75 Å². The van der Waals surface area contributed by atoms with Crippen LogP contribution in [0.5, 0.6) is 5.75 Å². The van der Waals surface area contributed by atoms with Gasteiger partial charge in [-0.25, -0.2) is 13.1 Å². The molecule has 0 radical (unpaired) electrons. The molecule has 0 spiro atoms.